The molecule has 1 atom stereocenters. The highest BCUT2D eigenvalue weighted by Gasteiger charge is 2.16. The van der Waals surface area contributed by atoms with Crippen LogP contribution in [0.2, 0.25) is 0 Å². The van der Waals surface area contributed by atoms with E-state index in [0.29, 0.717) is 0 Å². The Bertz CT molecular complexity index is 555. The largest absolute Gasteiger partial charge is 0.271 e. The summed E-state index contributed by atoms with van der Waals surface area (Å²) in [6, 6.07) is 14.3. The van der Waals surface area contributed by atoms with Crippen LogP contribution in [0.4, 0.5) is 0 Å². The van der Waals surface area contributed by atoms with E-state index >= 15 is 0 Å². The number of aryl methyl sites for hydroxylation is 1. The first kappa shape index (κ1) is 13.7. The van der Waals surface area contributed by atoms with Gasteiger partial charge >= 0.3 is 0 Å². The fraction of sp³-hybridized carbons (Fsp3) is 0.143. The molecule has 2 aromatic carbocycles. The molecule has 0 spiro atoms. The number of halogens is 2. The van der Waals surface area contributed by atoms with Gasteiger partial charge in [0.25, 0.3) is 0 Å². The van der Waals surface area contributed by atoms with Gasteiger partial charge in [0.2, 0.25) is 0 Å². The first-order valence-electron chi connectivity index (χ1n) is 5.60. The first-order valence-corrected chi connectivity index (χ1v) is 7.18. The van der Waals surface area contributed by atoms with E-state index in [2.05, 4.69) is 62.4 Å². The molecule has 0 aromatic heterocycles. The van der Waals surface area contributed by atoms with Gasteiger partial charge in [0.15, 0.2) is 0 Å². The predicted molar refractivity (Wildman–Crippen MR) is 82.2 cm³/mol. The summed E-state index contributed by atoms with van der Waals surface area (Å²) in [6.45, 7) is 2.09. The number of hydrogen-bond acceptors (Lipinski definition) is 2. The number of benzene rings is 2. The van der Waals surface area contributed by atoms with E-state index in [9.17, 15) is 0 Å². The molecule has 0 aliphatic rings. The molecule has 0 amide bonds. The normalized spacial score (nSPS) is 12.4. The van der Waals surface area contributed by atoms with Gasteiger partial charge in [-0.05, 0) is 35.7 Å². The molecule has 0 saturated heterocycles. The molecule has 2 rings (SSSR count). The zero-order chi connectivity index (χ0) is 13.1. The van der Waals surface area contributed by atoms with E-state index in [0.717, 1.165) is 14.5 Å². The van der Waals surface area contributed by atoms with Crippen molar-refractivity contribution >= 4 is 31.9 Å². The van der Waals surface area contributed by atoms with Crippen molar-refractivity contribution in [1.82, 2.24) is 5.43 Å². The lowest BCUT2D eigenvalue weighted by Gasteiger charge is -2.20. The molecule has 0 aliphatic carbocycles. The van der Waals surface area contributed by atoms with Gasteiger partial charge in [0, 0.05) is 8.95 Å². The minimum atomic E-state index is -0.0197. The molecule has 2 aromatic rings. The highest BCUT2D eigenvalue weighted by Crippen LogP contribution is 2.31. The summed E-state index contributed by atoms with van der Waals surface area (Å²) < 4.78 is 2.07. The van der Waals surface area contributed by atoms with Crippen molar-refractivity contribution in [3.63, 3.8) is 0 Å². The van der Waals surface area contributed by atoms with Crippen molar-refractivity contribution in [2.45, 2.75) is 13.0 Å². The Morgan fingerprint density at radius 1 is 1.06 bits per heavy atom. The molecule has 0 aliphatic heterocycles. The average Bonchev–Trinajstić information content (AvgIpc) is 2.34. The number of rotatable bonds is 3. The molecule has 2 nitrogen and oxygen atoms in total. The maximum atomic E-state index is 5.73. The van der Waals surface area contributed by atoms with Gasteiger partial charge < -0.3 is 0 Å². The Hall–Kier alpha value is -0.680. The van der Waals surface area contributed by atoms with Crippen LogP contribution in [0, 0.1) is 6.92 Å². The van der Waals surface area contributed by atoms with E-state index in [-0.39, 0.29) is 6.04 Å². The minimum Gasteiger partial charge on any atom is -0.271 e. The Labute approximate surface area is 124 Å². The average molecular weight is 370 g/mol. The fourth-order valence-electron chi connectivity index (χ4n) is 1.99. The Kier molecular flexibility index (Phi) is 4.56. The second-order valence-electron chi connectivity index (χ2n) is 4.12. The van der Waals surface area contributed by atoms with Crippen LogP contribution in [0.3, 0.4) is 0 Å². The molecule has 4 heteroatoms. The summed E-state index contributed by atoms with van der Waals surface area (Å²) in [6.07, 6.45) is 0. The third-order valence-electron chi connectivity index (χ3n) is 2.94. The lowest BCUT2D eigenvalue weighted by atomic mass is 9.96. The number of hydrazine groups is 1. The molecule has 0 heterocycles. The second-order valence-corrected chi connectivity index (χ2v) is 5.89. The maximum Gasteiger partial charge on any atom is 0.0723 e. The molecule has 3 N–H and O–H groups in total. The van der Waals surface area contributed by atoms with E-state index in [4.69, 9.17) is 5.84 Å². The van der Waals surface area contributed by atoms with Crippen LogP contribution < -0.4 is 11.3 Å². The first-order chi connectivity index (χ1) is 8.63. The van der Waals surface area contributed by atoms with Crippen LogP contribution in [-0.4, -0.2) is 0 Å². The van der Waals surface area contributed by atoms with Gasteiger partial charge in [-0.3, -0.25) is 5.84 Å². The summed E-state index contributed by atoms with van der Waals surface area (Å²) in [5.41, 5.74) is 6.41. The molecule has 0 radical (unpaired) electrons. The number of hydrogen-bond donors (Lipinski definition) is 2. The van der Waals surface area contributed by atoms with Crippen molar-refractivity contribution < 1.29 is 0 Å². The third kappa shape index (κ3) is 2.83. The summed E-state index contributed by atoms with van der Waals surface area (Å²) >= 11 is 7.04. The summed E-state index contributed by atoms with van der Waals surface area (Å²) in [5.74, 6) is 5.73. The van der Waals surface area contributed by atoms with Crippen molar-refractivity contribution in [2.24, 2.45) is 5.84 Å². The fourth-order valence-corrected chi connectivity index (χ4v) is 3.27. The Morgan fingerprint density at radius 2 is 1.78 bits per heavy atom. The van der Waals surface area contributed by atoms with Crippen LogP contribution >= 0.6 is 31.9 Å². The van der Waals surface area contributed by atoms with Crippen LogP contribution in [0.25, 0.3) is 0 Å². The molecule has 18 heavy (non-hydrogen) atoms. The smallest absolute Gasteiger partial charge is 0.0723 e. The van der Waals surface area contributed by atoms with Gasteiger partial charge in [0.05, 0.1) is 6.04 Å². The molecular weight excluding hydrogens is 356 g/mol. The zero-order valence-electron chi connectivity index (χ0n) is 9.95. The molecule has 94 valence electrons. The van der Waals surface area contributed by atoms with Crippen LogP contribution in [-0.2, 0) is 0 Å². The van der Waals surface area contributed by atoms with E-state index in [1.165, 1.54) is 11.1 Å². The van der Waals surface area contributed by atoms with E-state index in [1.54, 1.807) is 0 Å². The summed E-state index contributed by atoms with van der Waals surface area (Å²) in [4.78, 5) is 0. The standard InChI is InChI=1S/C14H14Br2N2/c1-9-4-2-3-5-11(9)14(18-17)12-7-6-10(15)8-13(12)16/h2-8,14,18H,17H2,1H3. The van der Waals surface area contributed by atoms with Gasteiger partial charge in [-0.25, -0.2) is 5.43 Å². The maximum absolute atomic E-state index is 5.73. The number of nitrogens with two attached hydrogens (primary N) is 1. The van der Waals surface area contributed by atoms with E-state index < -0.39 is 0 Å². The minimum absolute atomic E-state index is 0.0197. The lowest BCUT2D eigenvalue weighted by Crippen LogP contribution is -2.29. The highest BCUT2D eigenvalue weighted by molar-refractivity contribution is 9.11. The van der Waals surface area contributed by atoms with Crippen LogP contribution in [0.5, 0.6) is 0 Å². The van der Waals surface area contributed by atoms with Gasteiger partial charge in [-0.2, -0.15) is 0 Å². The molecular formula is C14H14Br2N2. The second kappa shape index (κ2) is 5.97. The molecule has 1 unspecified atom stereocenters. The van der Waals surface area contributed by atoms with Gasteiger partial charge in [0.1, 0.15) is 0 Å². The van der Waals surface area contributed by atoms with Crippen LogP contribution in [0.1, 0.15) is 22.7 Å². The molecule has 0 fully saturated rings. The Morgan fingerprint density at radius 3 is 2.39 bits per heavy atom. The van der Waals surface area contributed by atoms with Crippen molar-refractivity contribution in [3.05, 3.63) is 68.1 Å². The van der Waals surface area contributed by atoms with Gasteiger partial charge in [-0.15, -0.1) is 0 Å². The monoisotopic (exact) mass is 368 g/mol. The van der Waals surface area contributed by atoms with Gasteiger partial charge in [-0.1, -0.05) is 62.2 Å². The van der Waals surface area contributed by atoms with Crippen LogP contribution in [0.15, 0.2) is 51.4 Å². The van der Waals surface area contributed by atoms with E-state index in [1.807, 2.05) is 24.3 Å². The summed E-state index contributed by atoms with van der Waals surface area (Å²) in [7, 11) is 0. The predicted octanol–water partition coefficient (Wildman–Crippen LogP) is 4.07. The quantitative estimate of drug-likeness (QED) is 0.632. The molecule has 0 saturated carbocycles. The lowest BCUT2D eigenvalue weighted by molar-refractivity contribution is 0.631. The van der Waals surface area contributed by atoms with Crippen molar-refractivity contribution in [1.29, 1.82) is 0 Å². The van der Waals surface area contributed by atoms with Crippen molar-refractivity contribution in [3.8, 4) is 0 Å². The van der Waals surface area contributed by atoms with Crippen molar-refractivity contribution in [2.75, 3.05) is 0 Å². The summed E-state index contributed by atoms with van der Waals surface area (Å²) in [5, 5.41) is 0. The Balaban J connectivity index is 2.49. The third-order valence-corrected chi connectivity index (χ3v) is 4.12. The zero-order valence-corrected chi connectivity index (χ0v) is 13.1. The molecule has 0 bridgehead atoms. The number of nitrogens with one attached hydrogen (secondary N) is 1. The highest BCUT2D eigenvalue weighted by atomic mass is 79.9. The topological polar surface area (TPSA) is 38.0 Å². The SMILES string of the molecule is Cc1ccccc1C(NN)c1ccc(Br)cc1Br.